The Morgan fingerprint density at radius 1 is 1.22 bits per heavy atom. The van der Waals surface area contributed by atoms with Crippen LogP contribution < -0.4 is 10.2 Å². The molecule has 1 fully saturated rings. The molecule has 1 aromatic rings. The number of nitrogens with zero attached hydrogens (tertiary/aromatic N) is 1. The fraction of sp³-hybridized carbons (Fsp3) is 0.625. The minimum Gasteiger partial charge on any atom is -0.370 e. The molecule has 100 valence electrons. The third-order valence-electron chi connectivity index (χ3n) is 4.19. The van der Waals surface area contributed by atoms with Crippen LogP contribution in [-0.4, -0.2) is 25.2 Å². The third-order valence-corrected chi connectivity index (χ3v) is 4.19. The van der Waals surface area contributed by atoms with E-state index in [-0.39, 0.29) is 5.54 Å². The summed E-state index contributed by atoms with van der Waals surface area (Å²) in [6, 6.07) is 9.08. The zero-order chi connectivity index (χ0) is 13.0. The molecule has 0 spiro atoms. The number of hydrogen-bond donors (Lipinski definition) is 1. The first-order valence-corrected chi connectivity index (χ1v) is 7.26. The van der Waals surface area contributed by atoms with Crippen molar-refractivity contribution in [3.63, 3.8) is 0 Å². The molecule has 1 unspecified atom stereocenters. The molecule has 1 atom stereocenters. The van der Waals surface area contributed by atoms with Crippen LogP contribution >= 0.6 is 0 Å². The topological polar surface area (TPSA) is 15.3 Å². The smallest absolute Gasteiger partial charge is 0.0367 e. The fourth-order valence-electron chi connectivity index (χ4n) is 2.62. The minimum atomic E-state index is 0.250. The van der Waals surface area contributed by atoms with Gasteiger partial charge in [0.1, 0.15) is 0 Å². The van der Waals surface area contributed by atoms with E-state index in [1.807, 2.05) is 0 Å². The van der Waals surface area contributed by atoms with Crippen molar-refractivity contribution in [1.82, 2.24) is 5.32 Å². The Balaban J connectivity index is 2.14. The number of nitrogens with one attached hydrogen (secondary N) is 1. The van der Waals surface area contributed by atoms with E-state index >= 15 is 0 Å². The molecule has 0 amide bonds. The van der Waals surface area contributed by atoms with Crippen molar-refractivity contribution in [2.75, 3.05) is 24.5 Å². The predicted molar refractivity (Wildman–Crippen MR) is 79.3 cm³/mol. The van der Waals surface area contributed by atoms with Gasteiger partial charge in [0.15, 0.2) is 0 Å². The van der Waals surface area contributed by atoms with Crippen molar-refractivity contribution < 1.29 is 0 Å². The van der Waals surface area contributed by atoms with Crippen LogP contribution in [-0.2, 0) is 6.42 Å². The molecule has 18 heavy (non-hydrogen) atoms. The lowest BCUT2D eigenvalue weighted by Gasteiger charge is -2.34. The van der Waals surface area contributed by atoms with Crippen LogP contribution in [0.1, 0.15) is 39.2 Å². The molecule has 1 aliphatic heterocycles. The first kappa shape index (κ1) is 13.4. The highest BCUT2D eigenvalue weighted by atomic mass is 15.2. The molecule has 1 heterocycles. The lowest BCUT2D eigenvalue weighted by molar-refractivity contribution is 0.366. The molecule has 2 rings (SSSR count). The van der Waals surface area contributed by atoms with Crippen molar-refractivity contribution in [2.45, 2.75) is 45.6 Å². The molecule has 0 bridgehead atoms. The Morgan fingerprint density at radius 3 is 2.56 bits per heavy atom. The van der Waals surface area contributed by atoms with Crippen molar-refractivity contribution in [2.24, 2.45) is 0 Å². The van der Waals surface area contributed by atoms with E-state index in [2.05, 4.69) is 55.3 Å². The summed E-state index contributed by atoms with van der Waals surface area (Å²) < 4.78 is 0. The third kappa shape index (κ3) is 3.05. The van der Waals surface area contributed by atoms with Gasteiger partial charge in [0.2, 0.25) is 0 Å². The van der Waals surface area contributed by atoms with E-state index in [4.69, 9.17) is 0 Å². The molecular weight excluding hydrogens is 220 g/mol. The van der Waals surface area contributed by atoms with Gasteiger partial charge >= 0.3 is 0 Å². The van der Waals surface area contributed by atoms with Gasteiger partial charge in [-0.15, -0.1) is 0 Å². The minimum absolute atomic E-state index is 0.250. The molecule has 0 aromatic heterocycles. The number of anilines is 1. The van der Waals surface area contributed by atoms with E-state index in [1.165, 1.54) is 24.1 Å². The predicted octanol–water partition coefficient (Wildman–Crippen LogP) is 3.22. The highest BCUT2D eigenvalue weighted by Crippen LogP contribution is 2.22. The molecule has 2 heteroatoms. The van der Waals surface area contributed by atoms with Crippen LogP contribution in [0.4, 0.5) is 5.69 Å². The van der Waals surface area contributed by atoms with Crippen LogP contribution in [0.5, 0.6) is 0 Å². The molecule has 1 aliphatic rings. The average molecular weight is 246 g/mol. The van der Waals surface area contributed by atoms with Gasteiger partial charge in [0, 0.05) is 24.3 Å². The van der Waals surface area contributed by atoms with Gasteiger partial charge in [-0.2, -0.15) is 0 Å². The van der Waals surface area contributed by atoms with Gasteiger partial charge in [0.25, 0.3) is 0 Å². The number of rotatable bonds is 3. The Bertz CT molecular complexity index is 371. The summed E-state index contributed by atoms with van der Waals surface area (Å²) in [7, 11) is 0. The van der Waals surface area contributed by atoms with Crippen molar-refractivity contribution in [3.8, 4) is 0 Å². The van der Waals surface area contributed by atoms with Crippen molar-refractivity contribution in [3.05, 3.63) is 29.8 Å². The maximum atomic E-state index is 3.69. The standard InChI is InChI=1S/C16H26N2/c1-4-14-7-9-15(10-8-14)18-12-6-11-17-16(3,5-2)13-18/h7-10,17H,4-6,11-13H2,1-3H3. The van der Waals surface area contributed by atoms with E-state index < -0.39 is 0 Å². The zero-order valence-electron chi connectivity index (χ0n) is 12.0. The maximum Gasteiger partial charge on any atom is 0.0367 e. The molecule has 0 aliphatic carbocycles. The largest absolute Gasteiger partial charge is 0.370 e. The highest BCUT2D eigenvalue weighted by Gasteiger charge is 2.27. The molecular formula is C16H26N2. The average Bonchev–Trinajstić information content (AvgIpc) is 2.62. The van der Waals surface area contributed by atoms with E-state index in [1.54, 1.807) is 0 Å². The SMILES string of the molecule is CCc1ccc(N2CCCNC(C)(CC)C2)cc1. The van der Waals surface area contributed by atoms with Crippen LogP contribution in [0.3, 0.4) is 0 Å². The van der Waals surface area contributed by atoms with Crippen molar-refractivity contribution >= 4 is 5.69 Å². The molecule has 2 nitrogen and oxygen atoms in total. The van der Waals surface area contributed by atoms with E-state index in [0.29, 0.717) is 0 Å². The van der Waals surface area contributed by atoms with Crippen LogP contribution in [0.2, 0.25) is 0 Å². The van der Waals surface area contributed by atoms with Crippen LogP contribution in [0.25, 0.3) is 0 Å². The molecule has 1 N–H and O–H groups in total. The zero-order valence-corrected chi connectivity index (χ0v) is 12.0. The molecule has 0 saturated carbocycles. The summed E-state index contributed by atoms with van der Waals surface area (Å²) in [4.78, 5) is 2.53. The summed E-state index contributed by atoms with van der Waals surface area (Å²) >= 11 is 0. The lowest BCUT2D eigenvalue weighted by atomic mass is 9.98. The second kappa shape index (κ2) is 5.75. The summed E-state index contributed by atoms with van der Waals surface area (Å²) in [6.45, 7) is 10.2. The second-order valence-electron chi connectivity index (χ2n) is 5.64. The van der Waals surface area contributed by atoms with Gasteiger partial charge in [-0.25, -0.2) is 0 Å². The Labute approximate surface area is 111 Å². The Hall–Kier alpha value is -1.02. The Kier molecular flexibility index (Phi) is 4.28. The lowest BCUT2D eigenvalue weighted by Crippen LogP contribution is -2.48. The molecule has 1 saturated heterocycles. The number of benzene rings is 1. The van der Waals surface area contributed by atoms with E-state index in [0.717, 1.165) is 26.1 Å². The number of aryl methyl sites for hydroxylation is 1. The van der Waals surface area contributed by atoms with E-state index in [9.17, 15) is 0 Å². The fourth-order valence-corrected chi connectivity index (χ4v) is 2.62. The summed E-state index contributed by atoms with van der Waals surface area (Å²) in [6.07, 6.45) is 3.52. The van der Waals surface area contributed by atoms with Gasteiger partial charge in [-0.3, -0.25) is 0 Å². The van der Waals surface area contributed by atoms with Crippen LogP contribution in [0.15, 0.2) is 24.3 Å². The summed E-state index contributed by atoms with van der Waals surface area (Å²) in [5.74, 6) is 0. The normalized spacial score (nSPS) is 24.9. The molecule has 0 radical (unpaired) electrons. The highest BCUT2D eigenvalue weighted by molar-refractivity contribution is 5.48. The van der Waals surface area contributed by atoms with Crippen LogP contribution in [0, 0.1) is 0 Å². The van der Waals surface area contributed by atoms with Gasteiger partial charge in [-0.05, 0) is 50.4 Å². The first-order valence-electron chi connectivity index (χ1n) is 7.26. The van der Waals surface area contributed by atoms with Gasteiger partial charge < -0.3 is 10.2 Å². The summed E-state index contributed by atoms with van der Waals surface area (Å²) in [5.41, 5.74) is 3.04. The van der Waals surface area contributed by atoms with Crippen molar-refractivity contribution in [1.29, 1.82) is 0 Å². The molecule has 1 aromatic carbocycles. The maximum absolute atomic E-state index is 3.69. The summed E-state index contributed by atoms with van der Waals surface area (Å²) in [5, 5.41) is 3.69. The number of hydrogen-bond acceptors (Lipinski definition) is 2. The van der Waals surface area contributed by atoms with Gasteiger partial charge in [0.05, 0.1) is 0 Å². The monoisotopic (exact) mass is 246 g/mol. The van der Waals surface area contributed by atoms with Gasteiger partial charge in [-0.1, -0.05) is 26.0 Å². The first-order chi connectivity index (χ1) is 8.67. The quantitative estimate of drug-likeness (QED) is 0.881. The second-order valence-corrected chi connectivity index (χ2v) is 5.64. The Morgan fingerprint density at radius 2 is 1.94 bits per heavy atom.